The van der Waals surface area contributed by atoms with Crippen LogP contribution in [0, 0.1) is 10.1 Å². The molecule has 0 aliphatic carbocycles. The molecule has 0 aliphatic heterocycles. The summed E-state index contributed by atoms with van der Waals surface area (Å²) in [4.78, 5) is 11.9. The van der Waals surface area contributed by atoms with Crippen LogP contribution in [0.25, 0.3) is 22.5 Å². The summed E-state index contributed by atoms with van der Waals surface area (Å²) < 4.78 is 28.3. The summed E-state index contributed by atoms with van der Waals surface area (Å²) in [6.07, 6.45) is 1.27. The Morgan fingerprint density at radius 3 is 1.97 bits per heavy atom. The molecule has 0 spiro atoms. The number of furan rings is 1. The van der Waals surface area contributed by atoms with Crippen LogP contribution in [-0.4, -0.2) is 71.7 Å². The van der Waals surface area contributed by atoms with Crippen LogP contribution in [0.1, 0.15) is 5.76 Å². The monoisotopic (exact) mass is 560 g/mol. The Hall–Kier alpha value is -4.22. The van der Waals surface area contributed by atoms with Crippen molar-refractivity contribution in [3.05, 3.63) is 64.5 Å². The molecule has 2 aromatic carbocycles. The summed E-state index contributed by atoms with van der Waals surface area (Å²) in [6, 6.07) is 10.2. The Morgan fingerprint density at radius 2 is 1.49 bits per heavy atom. The van der Waals surface area contributed by atoms with Gasteiger partial charge in [-0.05, 0) is 35.9 Å². The highest BCUT2D eigenvalue weighted by molar-refractivity contribution is 5.96. The molecule has 1 heterocycles. The van der Waals surface area contributed by atoms with Gasteiger partial charge in [-0.3, -0.25) is 15.5 Å². The third-order valence-corrected chi connectivity index (χ3v) is 5.48. The van der Waals surface area contributed by atoms with Crippen LogP contribution >= 0.6 is 0 Å². The average molecular weight is 561 g/mol. The molecule has 0 aliphatic rings. The zero-order valence-corrected chi connectivity index (χ0v) is 23.8. The molecule has 0 fully saturated rings. The lowest BCUT2D eigenvalue weighted by Gasteiger charge is -2.24. The summed E-state index contributed by atoms with van der Waals surface area (Å²) >= 11 is 0. The minimum Gasteiger partial charge on any atom is -1.00 e. The number of nitrogens with one attached hydrogen (secondary N) is 1. The van der Waals surface area contributed by atoms with Crippen molar-refractivity contribution >= 4 is 11.9 Å². The predicted octanol–water partition coefficient (Wildman–Crippen LogP) is 1.70. The van der Waals surface area contributed by atoms with Crippen LogP contribution < -0.4 is 36.8 Å². The van der Waals surface area contributed by atoms with Gasteiger partial charge in [0.2, 0.25) is 5.76 Å². The summed E-state index contributed by atoms with van der Waals surface area (Å²) in [5, 5.41) is 16.5. The highest BCUT2D eigenvalue weighted by Gasteiger charge is 2.32. The largest absolute Gasteiger partial charge is 1.00 e. The number of hydrazone groups is 1. The van der Waals surface area contributed by atoms with E-state index < -0.39 is 4.92 Å². The Balaban J connectivity index is 0.00000533. The van der Waals surface area contributed by atoms with Crippen molar-refractivity contribution in [2.75, 3.05) is 56.1 Å². The van der Waals surface area contributed by atoms with Gasteiger partial charge in [-0.25, -0.2) is 0 Å². The Bertz CT molecular complexity index is 1360. The Labute approximate surface area is 233 Å². The van der Waals surface area contributed by atoms with Gasteiger partial charge in [0.15, 0.2) is 23.0 Å². The standard InChI is InChI=1S/C27H33N4O7.ClH/c1-17(16-31(2,3)4)29-28-15-24-26(30(32)33)25(18-9-11-20(34-5)22(13-18)36-7)27(38-24)19-10-12-21(35-6)23(14-19)37-8;/h9-15,29H,1,16H2,2-8H3;1H/q+1;/p-1. The maximum absolute atomic E-state index is 12.4. The molecule has 1 aromatic heterocycles. The molecule has 0 bridgehead atoms. The SMILES string of the molecule is C=C(C[N+](C)(C)C)NN=Cc1oc(-c2ccc(OC)c(OC)c2)c(-c2ccc(OC)c(OC)c2)c1[N+](=O)[O-].[Cl-]. The van der Waals surface area contributed by atoms with Gasteiger partial charge in [0.25, 0.3) is 0 Å². The number of hydrogen-bond donors (Lipinski definition) is 1. The summed E-state index contributed by atoms with van der Waals surface area (Å²) in [5.74, 6) is 2.04. The number of halogens is 1. The molecule has 210 valence electrons. The van der Waals surface area contributed by atoms with E-state index in [4.69, 9.17) is 23.4 Å². The van der Waals surface area contributed by atoms with E-state index in [1.54, 1.807) is 36.4 Å². The summed E-state index contributed by atoms with van der Waals surface area (Å²) in [7, 11) is 12.1. The lowest BCUT2D eigenvalue weighted by atomic mass is 9.99. The molecule has 3 aromatic rings. The Kier molecular flexibility index (Phi) is 10.4. The van der Waals surface area contributed by atoms with E-state index in [1.165, 1.54) is 34.7 Å². The molecule has 11 nitrogen and oxygen atoms in total. The highest BCUT2D eigenvalue weighted by Crippen LogP contribution is 2.46. The third-order valence-electron chi connectivity index (χ3n) is 5.48. The first-order chi connectivity index (χ1) is 18.0. The normalized spacial score (nSPS) is 11.1. The van der Waals surface area contributed by atoms with Crippen molar-refractivity contribution in [1.29, 1.82) is 0 Å². The van der Waals surface area contributed by atoms with Crippen molar-refractivity contribution in [1.82, 2.24) is 5.43 Å². The topological polar surface area (TPSA) is 118 Å². The highest BCUT2D eigenvalue weighted by atomic mass is 35.5. The number of nitro groups is 1. The van der Waals surface area contributed by atoms with Crippen molar-refractivity contribution in [2.45, 2.75) is 0 Å². The first-order valence-corrected chi connectivity index (χ1v) is 11.6. The van der Waals surface area contributed by atoms with E-state index in [9.17, 15) is 10.1 Å². The molecule has 12 heteroatoms. The van der Waals surface area contributed by atoms with Crippen LogP contribution in [0.3, 0.4) is 0 Å². The minimum absolute atomic E-state index is 0. The maximum Gasteiger partial charge on any atom is 0.324 e. The summed E-state index contributed by atoms with van der Waals surface area (Å²) in [6.45, 7) is 4.56. The summed E-state index contributed by atoms with van der Waals surface area (Å²) in [5.41, 5.74) is 4.49. The molecule has 0 saturated heterocycles. The molecule has 0 saturated carbocycles. The zero-order chi connectivity index (χ0) is 28.0. The van der Waals surface area contributed by atoms with E-state index in [0.717, 1.165) is 0 Å². The smallest absolute Gasteiger partial charge is 0.324 e. The second-order valence-electron chi connectivity index (χ2n) is 9.34. The fourth-order valence-corrected chi connectivity index (χ4v) is 3.94. The van der Waals surface area contributed by atoms with E-state index in [-0.39, 0.29) is 35.2 Å². The lowest BCUT2D eigenvalue weighted by Crippen LogP contribution is -3.00. The number of benzene rings is 2. The average Bonchev–Trinajstić information content (AvgIpc) is 3.26. The number of ether oxygens (including phenoxy) is 4. The number of methoxy groups -OCH3 is 4. The minimum atomic E-state index is -0.498. The van der Waals surface area contributed by atoms with E-state index in [0.29, 0.717) is 50.8 Å². The molecule has 0 atom stereocenters. The number of nitrogens with zero attached hydrogens (tertiary/aromatic N) is 3. The molecular weight excluding hydrogens is 528 g/mol. The van der Waals surface area contributed by atoms with Crippen LogP contribution in [0.2, 0.25) is 0 Å². The van der Waals surface area contributed by atoms with E-state index in [1.807, 2.05) is 21.1 Å². The van der Waals surface area contributed by atoms with Crippen LogP contribution in [0.4, 0.5) is 5.69 Å². The lowest BCUT2D eigenvalue weighted by molar-refractivity contribution is -0.865. The van der Waals surface area contributed by atoms with Gasteiger partial charge in [0.05, 0.1) is 66.4 Å². The van der Waals surface area contributed by atoms with Crippen molar-refractivity contribution in [2.24, 2.45) is 5.10 Å². The second-order valence-corrected chi connectivity index (χ2v) is 9.34. The van der Waals surface area contributed by atoms with Crippen LogP contribution in [0.15, 0.2) is 58.2 Å². The van der Waals surface area contributed by atoms with Crippen molar-refractivity contribution in [3.8, 4) is 45.4 Å². The number of hydrogen-bond acceptors (Lipinski definition) is 9. The van der Waals surface area contributed by atoms with Crippen LogP contribution in [-0.2, 0) is 0 Å². The fraction of sp³-hybridized carbons (Fsp3) is 0.296. The second kappa shape index (κ2) is 13.0. The van der Waals surface area contributed by atoms with Gasteiger partial charge >= 0.3 is 5.69 Å². The van der Waals surface area contributed by atoms with Gasteiger partial charge in [-0.2, -0.15) is 5.10 Å². The van der Waals surface area contributed by atoms with Crippen molar-refractivity contribution in [3.63, 3.8) is 0 Å². The molecule has 39 heavy (non-hydrogen) atoms. The zero-order valence-electron chi connectivity index (χ0n) is 23.0. The van der Waals surface area contributed by atoms with Gasteiger partial charge in [0.1, 0.15) is 17.9 Å². The molecule has 1 N–H and O–H groups in total. The Morgan fingerprint density at radius 1 is 0.974 bits per heavy atom. The fourth-order valence-electron chi connectivity index (χ4n) is 3.94. The molecule has 0 radical (unpaired) electrons. The maximum atomic E-state index is 12.4. The first kappa shape index (κ1) is 31.0. The van der Waals surface area contributed by atoms with E-state index >= 15 is 0 Å². The number of rotatable bonds is 12. The predicted molar refractivity (Wildman–Crippen MR) is 145 cm³/mol. The third kappa shape index (κ3) is 7.21. The van der Waals surface area contributed by atoms with Crippen molar-refractivity contribution < 1.29 is 45.2 Å². The quantitative estimate of drug-likeness (QED) is 0.154. The van der Waals surface area contributed by atoms with Gasteiger partial charge in [-0.1, -0.05) is 12.6 Å². The molecule has 3 rings (SSSR count). The van der Waals surface area contributed by atoms with Gasteiger partial charge < -0.3 is 40.3 Å². The van der Waals surface area contributed by atoms with Gasteiger partial charge in [-0.15, -0.1) is 0 Å². The number of quaternary nitrogens is 1. The molecule has 0 unspecified atom stereocenters. The molecule has 0 amide bonds. The first-order valence-electron chi connectivity index (χ1n) is 11.6. The van der Waals surface area contributed by atoms with E-state index in [2.05, 4.69) is 17.1 Å². The van der Waals surface area contributed by atoms with Gasteiger partial charge in [0, 0.05) is 5.56 Å². The number of likely N-dealkylation sites (N-methyl/N-ethyl adjacent to an activating group) is 1. The molecular formula is C27H33ClN4O7. The van der Waals surface area contributed by atoms with Crippen LogP contribution in [0.5, 0.6) is 23.0 Å².